The van der Waals surface area contributed by atoms with Crippen LogP contribution in [0.2, 0.25) is 0 Å². The highest BCUT2D eigenvalue weighted by atomic mass is 15.3. The van der Waals surface area contributed by atoms with E-state index in [-0.39, 0.29) is 12.0 Å². The number of para-hydroxylation sites is 2. The van der Waals surface area contributed by atoms with Crippen LogP contribution < -0.4 is 4.90 Å². The van der Waals surface area contributed by atoms with E-state index in [4.69, 9.17) is 9.97 Å². The molecule has 0 radical (unpaired) electrons. The van der Waals surface area contributed by atoms with Gasteiger partial charge in [-0.15, -0.1) is 0 Å². The molecule has 4 nitrogen and oxygen atoms in total. The first-order valence-corrected chi connectivity index (χ1v) is 19.2. The first-order chi connectivity index (χ1) is 27.8. The Hall–Kier alpha value is -7.30. The lowest BCUT2D eigenvalue weighted by Crippen LogP contribution is -2.30. The largest absolute Gasteiger partial charge is 0.309 e. The van der Waals surface area contributed by atoms with Gasteiger partial charge >= 0.3 is 0 Å². The van der Waals surface area contributed by atoms with Crippen LogP contribution in [0.25, 0.3) is 72.1 Å². The van der Waals surface area contributed by atoms with Crippen molar-refractivity contribution in [3.05, 3.63) is 212 Å². The minimum atomic E-state index is 0.0716. The summed E-state index contributed by atoms with van der Waals surface area (Å²) in [5, 5.41) is 2.50. The summed E-state index contributed by atoms with van der Waals surface area (Å²) < 4.78 is 2.37. The molecule has 0 fully saturated rings. The topological polar surface area (TPSA) is 34.0 Å². The number of hydrogen-bond acceptors (Lipinski definition) is 3. The fourth-order valence-electron chi connectivity index (χ4n) is 8.75. The molecule has 0 spiro atoms. The summed E-state index contributed by atoms with van der Waals surface area (Å²) in [6, 6.07) is 63.2. The van der Waals surface area contributed by atoms with Gasteiger partial charge in [0, 0.05) is 39.8 Å². The zero-order valence-electron chi connectivity index (χ0n) is 30.6. The molecule has 264 valence electrons. The van der Waals surface area contributed by atoms with E-state index in [1.165, 1.54) is 55.3 Å². The van der Waals surface area contributed by atoms with Gasteiger partial charge in [0.05, 0.1) is 22.8 Å². The van der Waals surface area contributed by atoms with Crippen LogP contribution in [-0.2, 0) is 0 Å². The lowest BCUT2D eigenvalue weighted by atomic mass is 9.89. The standard InChI is InChI=1S/C52H36N4/c1-4-14-35(15-5-1)39-30-40(36-16-6-2-7-17-36)32-41(31-39)47-28-29-53-52(54-47)56-49-23-13-11-21-44(49)46-34-38(25-27-51(46)56)37-24-26-50-45(33-37)43-20-10-12-22-48(43)55(50)42-18-8-3-9-19-42/h1-34,44,49H. The van der Waals surface area contributed by atoms with Crippen LogP contribution in [0.5, 0.6) is 0 Å². The number of anilines is 2. The molecule has 2 unspecified atom stereocenters. The Morgan fingerprint density at radius 2 is 1.07 bits per heavy atom. The normalized spacial score (nSPS) is 15.7. The third-order valence-electron chi connectivity index (χ3n) is 11.4. The van der Waals surface area contributed by atoms with E-state index in [2.05, 4.69) is 204 Å². The monoisotopic (exact) mass is 716 g/mol. The number of aromatic nitrogens is 3. The second kappa shape index (κ2) is 13.2. The molecule has 0 saturated heterocycles. The zero-order chi connectivity index (χ0) is 37.0. The second-order valence-corrected chi connectivity index (χ2v) is 14.6. The quantitative estimate of drug-likeness (QED) is 0.172. The molecule has 2 aromatic heterocycles. The van der Waals surface area contributed by atoms with Crippen LogP contribution in [0.15, 0.2) is 206 Å². The minimum absolute atomic E-state index is 0.0716. The van der Waals surface area contributed by atoms with E-state index in [9.17, 15) is 0 Å². The first-order valence-electron chi connectivity index (χ1n) is 19.2. The zero-order valence-corrected chi connectivity index (χ0v) is 30.6. The third-order valence-corrected chi connectivity index (χ3v) is 11.4. The summed E-state index contributed by atoms with van der Waals surface area (Å²) >= 11 is 0. The Kier molecular flexibility index (Phi) is 7.59. The van der Waals surface area contributed by atoms with Crippen molar-refractivity contribution in [1.82, 2.24) is 14.5 Å². The fraction of sp³-hybridized carbons (Fsp3) is 0.0385. The molecule has 56 heavy (non-hydrogen) atoms. The van der Waals surface area contributed by atoms with E-state index in [0.29, 0.717) is 5.95 Å². The Morgan fingerprint density at radius 1 is 0.446 bits per heavy atom. The molecular weight excluding hydrogens is 681 g/mol. The second-order valence-electron chi connectivity index (χ2n) is 14.6. The molecular formula is C52H36N4. The minimum Gasteiger partial charge on any atom is -0.309 e. The number of allylic oxidation sites excluding steroid dienone is 2. The van der Waals surface area contributed by atoms with E-state index >= 15 is 0 Å². The Bertz CT molecular complexity index is 2920. The van der Waals surface area contributed by atoms with Crippen molar-refractivity contribution in [1.29, 1.82) is 0 Å². The van der Waals surface area contributed by atoms with E-state index < -0.39 is 0 Å². The maximum atomic E-state index is 5.31. The van der Waals surface area contributed by atoms with Gasteiger partial charge in [-0.1, -0.05) is 133 Å². The number of hydrogen-bond donors (Lipinski definition) is 0. The van der Waals surface area contributed by atoms with Gasteiger partial charge in [0.25, 0.3) is 0 Å². The smallest absolute Gasteiger partial charge is 0.231 e. The SMILES string of the molecule is C1=CC2c3cc(-c4ccc5c(c4)c4ccccc4n5-c4ccccc4)ccc3N(c3nccc(-c4cc(-c5ccccc5)cc(-c5ccccc5)c4)n3)C2C=C1. The molecule has 2 aliphatic rings. The van der Waals surface area contributed by atoms with Crippen LogP contribution in [0, 0.1) is 0 Å². The fourth-order valence-corrected chi connectivity index (χ4v) is 8.75. The number of benzene rings is 7. The van der Waals surface area contributed by atoms with Crippen molar-refractivity contribution < 1.29 is 0 Å². The van der Waals surface area contributed by atoms with Crippen LogP contribution in [0.3, 0.4) is 0 Å². The summed E-state index contributed by atoms with van der Waals surface area (Å²) in [6.07, 6.45) is 10.8. The van der Waals surface area contributed by atoms with Gasteiger partial charge in [-0.3, -0.25) is 0 Å². The molecule has 0 N–H and O–H groups in total. The van der Waals surface area contributed by atoms with Crippen molar-refractivity contribution in [3.8, 4) is 50.3 Å². The van der Waals surface area contributed by atoms with Crippen LogP contribution in [0.4, 0.5) is 11.6 Å². The summed E-state index contributed by atoms with van der Waals surface area (Å²) in [5.41, 5.74) is 15.0. The predicted molar refractivity (Wildman–Crippen MR) is 232 cm³/mol. The van der Waals surface area contributed by atoms with Gasteiger partial charge in [0.1, 0.15) is 0 Å². The van der Waals surface area contributed by atoms with Gasteiger partial charge in [-0.2, -0.15) is 0 Å². The Morgan fingerprint density at radius 3 is 1.84 bits per heavy atom. The average Bonchev–Trinajstić information content (AvgIpc) is 3.79. The number of fused-ring (bicyclic) bond motifs is 6. The molecule has 7 aromatic carbocycles. The van der Waals surface area contributed by atoms with E-state index in [0.717, 1.165) is 28.1 Å². The third kappa shape index (κ3) is 5.38. The maximum Gasteiger partial charge on any atom is 0.231 e. The molecule has 9 aromatic rings. The van der Waals surface area contributed by atoms with Crippen molar-refractivity contribution in [3.63, 3.8) is 0 Å². The molecule has 1 aliphatic heterocycles. The van der Waals surface area contributed by atoms with E-state index in [1.807, 2.05) is 12.3 Å². The van der Waals surface area contributed by atoms with Crippen molar-refractivity contribution in [2.24, 2.45) is 0 Å². The molecule has 0 saturated carbocycles. The van der Waals surface area contributed by atoms with Crippen LogP contribution in [0.1, 0.15) is 11.5 Å². The van der Waals surface area contributed by atoms with Gasteiger partial charge in [-0.05, 0) is 106 Å². The summed E-state index contributed by atoms with van der Waals surface area (Å²) in [5.74, 6) is 0.877. The number of nitrogens with zero attached hydrogens (tertiary/aromatic N) is 4. The highest BCUT2D eigenvalue weighted by Crippen LogP contribution is 2.48. The lowest BCUT2D eigenvalue weighted by Gasteiger charge is -2.26. The highest BCUT2D eigenvalue weighted by molar-refractivity contribution is 6.10. The van der Waals surface area contributed by atoms with Crippen LogP contribution in [-0.4, -0.2) is 20.6 Å². The molecule has 11 rings (SSSR count). The first kappa shape index (κ1) is 32.2. The molecule has 4 heteroatoms. The van der Waals surface area contributed by atoms with Crippen molar-refractivity contribution in [2.75, 3.05) is 4.90 Å². The summed E-state index contributed by atoms with van der Waals surface area (Å²) in [7, 11) is 0. The highest BCUT2D eigenvalue weighted by Gasteiger charge is 2.39. The van der Waals surface area contributed by atoms with Gasteiger partial charge in [0.2, 0.25) is 5.95 Å². The summed E-state index contributed by atoms with van der Waals surface area (Å²) in [4.78, 5) is 12.6. The average molecular weight is 717 g/mol. The van der Waals surface area contributed by atoms with Crippen molar-refractivity contribution in [2.45, 2.75) is 12.0 Å². The maximum absolute atomic E-state index is 5.31. The van der Waals surface area contributed by atoms with Gasteiger partial charge in [0.15, 0.2) is 0 Å². The van der Waals surface area contributed by atoms with E-state index in [1.54, 1.807) is 0 Å². The molecule has 0 bridgehead atoms. The van der Waals surface area contributed by atoms with Crippen molar-refractivity contribution >= 4 is 33.4 Å². The van der Waals surface area contributed by atoms with Gasteiger partial charge in [-0.25, -0.2) is 9.97 Å². The molecule has 2 atom stereocenters. The molecule has 0 amide bonds. The predicted octanol–water partition coefficient (Wildman–Crippen LogP) is 13.0. The Labute approximate surface area is 326 Å². The Balaban J connectivity index is 1.00. The molecule has 3 heterocycles. The molecule has 1 aliphatic carbocycles. The lowest BCUT2D eigenvalue weighted by molar-refractivity contribution is 0.730. The summed E-state index contributed by atoms with van der Waals surface area (Å²) in [6.45, 7) is 0. The number of rotatable bonds is 6. The van der Waals surface area contributed by atoms with Crippen LogP contribution >= 0.6 is 0 Å². The van der Waals surface area contributed by atoms with Gasteiger partial charge < -0.3 is 9.47 Å².